The largest absolute Gasteiger partial charge is 0.503 e. The van der Waals surface area contributed by atoms with Gasteiger partial charge in [-0.2, -0.15) is 13.2 Å². The highest BCUT2D eigenvalue weighted by Crippen LogP contribution is 2.43. The van der Waals surface area contributed by atoms with Crippen molar-refractivity contribution in [2.24, 2.45) is 0 Å². The average Bonchev–Trinajstić information content (AvgIpc) is 3.40. The summed E-state index contributed by atoms with van der Waals surface area (Å²) in [6.45, 7) is 0. The van der Waals surface area contributed by atoms with Gasteiger partial charge in [0.1, 0.15) is 5.75 Å². The third kappa shape index (κ3) is 3.75. The summed E-state index contributed by atoms with van der Waals surface area (Å²) < 4.78 is 44.2. The first-order chi connectivity index (χ1) is 15.2. The Bertz CT molecular complexity index is 1200. The molecule has 0 saturated heterocycles. The van der Waals surface area contributed by atoms with Gasteiger partial charge in [0.15, 0.2) is 5.76 Å². The van der Waals surface area contributed by atoms with Crippen LogP contribution in [0.1, 0.15) is 26.8 Å². The number of Topliss-reactive ketones (excluding diaryl/α,β-unsaturated/α-hetero) is 1. The molecule has 0 bridgehead atoms. The lowest BCUT2D eigenvalue weighted by Crippen LogP contribution is -2.31. The van der Waals surface area contributed by atoms with Gasteiger partial charge in [-0.05, 0) is 53.4 Å². The second kappa shape index (κ2) is 8.16. The van der Waals surface area contributed by atoms with Crippen molar-refractivity contribution in [2.75, 3.05) is 12.0 Å². The number of benzene rings is 2. The first kappa shape index (κ1) is 21.6. The molecule has 164 valence electrons. The van der Waals surface area contributed by atoms with Gasteiger partial charge >= 0.3 is 6.18 Å². The van der Waals surface area contributed by atoms with E-state index in [9.17, 15) is 27.9 Å². The predicted molar refractivity (Wildman–Crippen MR) is 113 cm³/mol. The van der Waals surface area contributed by atoms with E-state index >= 15 is 0 Å². The number of ether oxygens (including phenoxy) is 1. The number of halogens is 3. The number of aliphatic hydroxyl groups is 1. The molecule has 0 radical (unpaired) electrons. The van der Waals surface area contributed by atoms with Gasteiger partial charge in [0.05, 0.1) is 29.2 Å². The number of aliphatic hydroxyl groups excluding tert-OH is 1. The van der Waals surface area contributed by atoms with Gasteiger partial charge in [0.25, 0.3) is 5.91 Å². The van der Waals surface area contributed by atoms with Gasteiger partial charge in [-0.1, -0.05) is 18.2 Å². The van der Waals surface area contributed by atoms with Gasteiger partial charge in [-0.3, -0.25) is 14.5 Å². The lowest BCUT2D eigenvalue weighted by Gasteiger charge is -2.27. The molecule has 0 aliphatic carbocycles. The van der Waals surface area contributed by atoms with Crippen LogP contribution in [0.5, 0.6) is 5.75 Å². The molecule has 0 fully saturated rings. The van der Waals surface area contributed by atoms with Crippen LogP contribution in [0, 0.1) is 0 Å². The van der Waals surface area contributed by atoms with Crippen molar-refractivity contribution in [3.05, 3.63) is 93.4 Å². The van der Waals surface area contributed by atoms with Crippen molar-refractivity contribution in [2.45, 2.75) is 12.2 Å². The minimum Gasteiger partial charge on any atom is -0.503 e. The van der Waals surface area contributed by atoms with Gasteiger partial charge in [0.2, 0.25) is 5.78 Å². The van der Waals surface area contributed by atoms with Crippen LogP contribution < -0.4 is 9.64 Å². The fourth-order valence-electron chi connectivity index (χ4n) is 3.58. The van der Waals surface area contributed by atoms with Crippen molar-refractivity contribution in [3.8, 4) is 5.75 Å². The molecule has 1 aliphatic rings. The van der Waals surface area contributed by atoms with E-state index in [1.165, 1.54) is 7.11 Å². The van der Waals surface area contributed by atoms with Crippen molar-refractivity contribution >= 4 is 28.7 Å². The van der Waals surface area contributed by atoms with E-state index in [0.29, 0.717) is 16.2 Å². The highest BCUT2D eigenvalue weighted by Gasteiger charge is 2.45. The molecule has 5 nitrogen and oxygen atoms in total. The Morgan fingerprint density at radius 1 is 1.09 bits per heavy atom. The second-order valence-electron chi connectivity index (χ2n) is 6.97. The zero-order chi connectivity index (χ0) is 23.0. The van der Waals surface area contributed by atoms with E-state index in [-0.39, 0.29) is 11.3 Å². The number of thiophene rings is 1. The molecule has 1 unspecified atom stereocenters. The van der Waals surface area contributed by atoms with Gasteiger partial charge in [-0.25, -0.2) is 0 Å². The summed E-state index contributed by atoms with van der Waals surface area (Å²) in [5, 5.41) is 12.4. The highest BCUT2D eigenvalue weighted by molar-refractivity contribution is 7.12. The van der Waals surface area contributed by atoms with Gasteiger partial charge < -0.3 is 9.84 Å². The summed E-state index contributed by atoms with van der Waals surface area (Å²) in [6.07, 6.45) is -4.54. The van der Waals surface area contributed by atoms with Crippen molar-refractivity contribution in [1.82, 2.24) is 0 Å². The average molecular weight is 459 g/mol. The van der Waals surface area contributed by atoms with Crippen LogP contribution in [0.2, 0.25) is 0 Å². The number of anilines is 1. The number of rotatable bonds is 5. The Labute approximate surface area is 185 Å². The monoisotopic (exact) mass is 459 g/mol. The fourth-order valence-corrected chi connectivity index (χ4v) is 4.26. The Balaban J connectivity index is 1.85. The number of amides is 1. The number of nitrogens with zero attached hydrogens (tertiary/aromatic N) is 1. The Morgan fingerprint density at radius 2 is 1.81 bits per heavy atom. The van der Waals surface area contributed by atoms with E-state index in [2.05, 4.69) is 0 Å². The normalized spacial score (nSPS) is 16.6. The molecule has 2 heterocycles. The first-order valence-electron chi connectivity index (χ1n) is 9.38. The number of alkyl halides is 3. The minimum atomic E-state index is -4.54. The minimum absolute atomic E-state index is 0.108. The molecule has 1 atom stereocenters. The number of hydrogen-bond donors (Lipinski definition) is 1. The second-order valence-corrected chi connectivity index (χ2v) is 7.92. The van der Waals surface area contributed by atoms with E-state index in [1.807, 2.05) is 0 Å². The smallest absolute Gasteiger partial charge is 0.416 e. The molecule has 1 amide bonds. The van der Waals surface area contributed by atoms with E-state index in [4.69, 9.17) is 4.74 Å². The molecule has 0 saturated carbocycles. The van der Waals surface area contributed by atoms with Crippen LogP contribution in [-0.4, -0.2) is 23.9 Å². The van der Waals surface area contributed by atoms with Gasteiger partial charge in [0, 0.05) is 5.69 Å². The maximum absolute atomic E-state index is 13.2. The molecule has 1 aromatic heterocycles. The zero-order valence-corrected chi connectivity index (χ0v) is 17.4. The van der Waals surface area contributed by atoms with Crippen LogP contribution in [0.15, 0.2) is 77.4 Å². The van der Waals surface area contributed by atoms with Crippen LogP contribution in [0.3, 0.4) is 0 Å². The molecular weight excluding hydrogens is 443 g/mol. The Kier molecular flexibility index (Phi) is 5.52. The van der Waals surface area contributed by atoms with Crippen molar-refractivity contribution < 1.29 is 32.6 Å². The number of hydrogen-bond acceptors (Lipinski definition) is 5. The Morgan fingerprint density at radius 3 is 2.41 bits per heavy atom. The lowest BCUT2D eigenvalue weighted by molar-refractivity contribution is -0.137. The summed E-state index contributed by atoms with van der Waals surface area (Å²) >= 11 is 1.15. The molecule has 0 spiro atoms. The molecule has 32 heavy (non-hydrogen) atoms. The molecule has 4 rings (SSSR count). The molecule has 2 aromatic carbocycles. The molecule has 1 aliphatic heterocycles. The van der Waals surface area contributed by atoms with Gasteiger partial charge in [-0.15, -0.1) is 11.3 Å². The van der Waals surface area contributed by atoms with E-state index < -0.39 is 35.2 Å². The summed E-state index contributed by atoms with van der Waals surface area (Å²) in [7, 11) is 1.46. The number of carbonyl (C=O) groups is 2. The van der Waals surface area contributed by atoms with Crippen LogP contribution in [0.4, 0.5) is 18.9 Å². The van der Waals surface area contributed by atoms with Crippen LogP contribution in [-0.2, 0) is 11.0 Å². The number of methoxy groups -OCH3 is 1. The topological polar surface area (TPSA) is 66.8 Å². The van der Waals surface area contributed by atoms with Crippen LogP contribution in [0.25, 0.3) is 0 Å². The molecule has 3 aromatic rings. The fraction of sp³-hybridized carbons (Fsp3) is 0.130. The summed E-state index contributed by atoms with van der Waals surface area (Å²) in [6, 6.07) is 12.7. The Hall–Kier alpha value is -3.59. The maximum Gasteiger partial charge on any atom is 0.416 e. The third-order valence-electron chi connectivity index (χ3n) is 5.08. The van der Waals surface area contributed by atoms with Crippen molar-refractivity contribution in [1.29, 1.82) is 0 Å². The summed E-state index contributed by atoms with van der Waals surface area (Å²) in [4.78, 5) is 27.7. The molecular formula is C23H16F3NO4S. The standard InChI is InChI=1S/C23H16F3NO4S/c1-31-16-5-2-4-13(12-16)19-18(20(28)17-6-3-11-32-17)21(29)22(30)27(19)15-9-7-14(8-10-15)23(24,25)26/h2-12,19,29H,1H3. The SMILES string of the molecule is COc1cccc(C2C(C(=O)c3cccs3)=C(O)C(=O)N2c2ccc(C(F)(F)F)cc2)c1. The number of carbonyl (C=O) groups excluding carboxylic acids is 2. The summed E-state index contributed by atoms with van der Waals surface area (Å²) in [5.74, 6) is -1.70. The predicted octanol–water partition coefficient (Wildman–Crippen LogP) is 5.56. The third-order valence-corrected chi connectivity index (χ3v) is 5.95. The van der Waals surface area contributed by atoms with E-state index in [1.54, 1.807) is 41.8 Å². The lowest BCUT2D eigenvalue weighted by atomic mass is 9.95. The zero-order valence-electron chi connectivity index (χ0n) is 16.6. The number of ketones is 1. The quantitative estimate of drug-likeness (QED) is 0.508. The molecule has 1 N–H and O–H groups in total. The summed E-state index contributed by atoms with van der Waals surface area (Å²) in [5.41, 5.74) is -0.457. The maximum atomic E-state index is 13.2. The van der Waals surface area contributed by atoms with Crippen molar-refractivity contribution in [3.63, 3.8) is 0 Å². The van der Waals surface area contributed by atoms with Crippen LogP contribution >= 0.6 is 11.3 Å². The molecule has 9 heteroatoms. The first-order valence-corrected chi connectivity index (χ1v) is 10.3. The highest BCUT2D eigenvalue weighted by atomic mass is 32.1. The van der Waals surface area contributed by atoms with E-state index in [0.717, 1.165) is 40.5 Å².